The highest BCUT2D eigenvalue weighted by molar-refractivity contribution is 7.98. The first-order valence-corrected chi connectivity index (χ1v) is 16.7. The highest BCUT2D eigenvalue weighted by atomic mass is 32.2. The number of carbonyl (C=O) groups excluding carboxylic acids is 3. The number of nitrogen functional groups attached to an aromatic ring is 1. The number of benzene rings is 3. The van der Waals surface area contributed by atoms with Crippen molar-refractivity contribution in [2.75, 3.05) is 18.6 Å². The van der Waals surface area contributed by atoms with E-state index in [1.807, 2.05) is 27.0 Å². The van der Waals surface area contributed by atoms with Crippen molar-refractivity contribution < 1.29 is 33.3 Å². The van der Waals surface area contributed by atoms with Gasteiger partial charge in [-0.15, -0.1) is 16.9 Å². The van der Waals surface area contributed by atoms with Gasteiger partial charge in [-0.25, -0.2) is 28.9 Å². The molecule has 3 heterocycles. The van der Waals surface area contributed by atoms with Crippen molar-refractivity contribution in [3.8, 4) is 0 Å². The molecule has 1 aliphatic rings. The van der Waals surface area contributed by atoms with Crippen LogP contribution in [-0.4, -0.2) is 68.2 Å². The van der Waals surface area contributed by atoms with Crippen LogP contribution in [0.2, 0.25) is 0 Å². The van der Waals surface area contributed by atoms with Crippen molar-refractivity contribution in [1.82, 2.24) is 19.6 Å². The molecular formula is C36H35N5O7S. The van der Waals surface area contributed by atoms with E-state index >= 15 is 0 Å². The minimum absolute atomic E-state index is 0.0154. The van der Waals surface area contributed by atoms with Gasteiger partial charge >= 0.3 is 17.9 Å². The van der Waals surface area contributed by atoms with Crippen LogP contribution < -0.4 is 5.73 Å². The third kappa shape index (κ3) is 6.85. The van der Waals surface area contributed by atoms with E-state index in [1.54, 1.807) is 85.9 Å². The Labute approximate surface area is 286 Å². The second-order valence-electron chi connectivity index (χ2n) is 12.0. The zero-order valence-electron chi connectivity index (χ0n) is 27.6. The number of nitrogens with two attached hydrogens (primary N) is 1. The second-order valence-corrected chi connectivity index (χ2v) is 12.8. The van der Waals surface area contributed by atoms with Gasteiger partial charge in [0, 0.05) is 0 Å². The summed E-state index contributed by atoms with van der Waals surface area (Å²) in [5.41, 5.74) is 8.65. The van der Waals surface area contributed by atoms with Crippen LogP contribution in [0.5, 0.6) is 0 Å². The summed E-state index contributed by atoms with van der Waals surface area (Å²) in [7, 11) is 0. The quantitative estimate of drug-likeness (QED) is 0.119. The molecule has 1 fully saturated rings. The maximum atomic E-state index is 13.8. The number of rotatable bonds is 9. The molecule has 2 N–H and O–H groups in total. The Morgan fingerprint density at radius 3 is 1.94 bits per heavy atom. The molecule has 0 radical (unpaired) electrons. The molecule has 0 unspecified atom stereocenters. The summed E-state index contributed by atoms with van der Waals surface area (Å²) in [6.45, 7) is 6.97. The highest BCUT2D eigenvalue weighted by Gasteiger charge is 2.61. The molecule has 1 saturated heterocycles. The number of imidazole rings is 1. The molecule has 0 saturated carbocycles. The van der Waals surface area contributed by atoms with Crippen molar-refractivity contribution in [1.29, 1.82) is 0 Å². The van der Waals surface area contributed by atoms with Crippen LogP contribution in [-0.2, 0) is 18.9 Å². The van der Waals surface area contributed by atoms with Crippen molar-refractivity contribution in [3.05, 3.63) is 118 Å². The average Bonchev–Trinajstić information content (AvgIpc) is 3.61. The van der Waals surface area contributed by atoms with Gasteiger partial charge in [0.15, 0.2) is 23.6 Å². The Morgan fingerprint density at radius 2 is 1.39 bits per heavy atom. The van der Waals surface area contributed by atoms with Gasteiger partial charge in [0.05, 0.1) is 22.9 Å². The summed E-state index contributed by atoms with van der Waals surface area (Å²) in [6, 6.07) is 20.6. The summed E-state index contributed by atoms with van der Waals surface area (Å²) in [5, 5.41) is 4.95. The van der Waals surface area contributed by atoms with E-state index in [-0.39, 0.29) is 29.5 Å². The van der Waals surface area contributed by atoms with Crippen LogP contribution in [0.1, 0.15) is 66.6 Å². The van der Waals surface area contributed by atoms with Gasteiger partial charge in [-0.05, 0) is 70.3 Å². The third-order valence-corrected chi connectivity index (χ3v) is 9.04. The van der Waals surface area contributed by atoms with Crippen molar-refractivity contribution in [2.24, 2.45) is 0 Å². The number of nitrogens with zero attached hydrogens (tertiary/aromatic N) is 4. The Balaban J connectivity index is 1.43. The highest BCUT2D eigenvalue weighted by Crippen LogP contribution is 2.46. The molecule has 0 spiro atoms. The fourth-order valence-corrected chi connectivity index (χ4v) is 6.16. The molecule has 0 aliphatic carbocycles. The molecule has 13 heteroatoms. The maximum absolute atomic E-state index is 13.8. The van der Waals surface area contributed by atoms with E-state index < -0.39 is 41.8 Å². The number of ether oxygens (including phenoxy) is 4. The lowest BCUT2D eigenvalue weighted by Crippen LogP contribution is -2.50. The van der Waals surface area contributed by atoms with Crippen LogP contribution in [0, 0.1) is 20.8 Å². The van der Waals surface area contributed by atoms with Crippen molar-refractivity contribution in [3.63, 3.8) is 0 Å². The van der Waals surface area contributed by atoms with Crippen molar-refractivity contribution >= 4 is 41.1 Å². The van der Waals surface area contributed by atoms with E-state index in [9.17, 15) is 14.4 Å². The van der Waals surface area contributed by atoms with Gasteiger partial charge in [0.2, 0.25) is 5.95 Å². The number of hydrogen-bond donors (Lipinski definition) is 1. The molecular weight excluding hydrogens is 646 g/mol. The summed E-state index contributed by atoms with van der Waals surface area (Å²) in [5.74, 6) is -1.79. The van der Waals surface area contributed by atoms with Gasteiger partial charge in [-0.1, -0.05) is 53.1 Å². The van der Waals surface area contributed by atoms with Crippen molar-refractivity contribution in [2.45, 2.75) is 56.6 Å². The molecule has 6 rings (SSSR count). The van der Waals surface area contributed by atoms with Gasteiger partial charge < -0.3 is 24.7 Å². The number of aryl methyl sites for hydroxylation is 3. The van der Waals surface area contributed by atoms with E-state index in [2.05, 4.69) is 15.1 Å². The summed E-state index contributed by atoms with van der Waals surface area (Å²) in [4.78, 5) is 49.5. The molecule has 1 aliphatic heterocycles. The van der Waals surface area contributed by atoms with E-state index in [4.69, 9.17) is 24.7 Å². The first kappa shape index (κ1) is 33.6. The zero-order chi connectivity index (χ0) is 34.9. The van der Waals surface area contributed by atoms with E-state index in [1.165, 1.54) is 16.3 Å². The Hall–Kier alpha value is -5.27. The fraction of sp³-hybridized carbons (Fsp3) is 0.278. The van der Waals surface area contributed by atoms with Crippen LogP contribution in [0.3, 0.4) is 0 Å². The summed E-state index contributed by atoms with van der Waals surface area (Å²) in [6.07, 6.45) is -0.154. The fourth-order valence-electron chi connectivity index (χ4n) is 5.63. The zero-order valence-corrected chi connectivity index (χ0v) is 28.4. The predicted octanol–water partition coefficient (Wildman–Crippen LogP) is 5.49. The number of esters is 3. The molecule has 3 aromatic carbocycles. The number of hydrogen-bond acceptors (Lipinski definition) is 12. The number of thioether (sulfide) groups is 1. The number of fused-ring (bicyclic) bond motifs is 1. The second kappa shape index (κ2) is 13.7. The number of carbonyl (C=O) groups is 3. The lowest BCUT2D eigenvalue weighted by atomic mass is 9.91. The molecule has 2 aromatic heterocycles. The monoisotopic (exact) mass is 681 g/mol. The predicted molar refractivity (Wildman–Crippen MR) is 181 cm³/mol. The number of aromatic nitrogens is 4. The van der Waals surface area contributed by atoms with Crippen LogP contribution in [0.15, 0.2) is 84.0 Å². The molecule has 252 valence electrons. The lowest BCUT2D eigenvalue weighted by molar-refractivity contribution is -0.0907. The van der Waals surface area contributed by atoms with Gasteiger partial charge in [0.25, 0.3) is 0 Å². The number of anilines is 1. The summed E-state index contributed by atoms with van der Waals surface area (Å²) < 4.78 is 26.2. The lowest BCUT2D eigenvalue weighted by Gasteiger charge is -2.34. The normalized spacial score (nSPS) is 20.2. The molecule has 12 nitrogen and oxygen atoms in total. The smallest absolute Gasteiger partial charge is 0.338 e. The average molecular weight is 682 g/mol. The SMILES string of the molecule is CSc1nc(N)nn2c([C@@H]3O[C@H](COC(=O)c4ccc(C)cc4)[C@@H](OC(=O)c4ccc(C)cc4)[C@@]3(C)OC(=O)c3ccc(C)cc3)ncc12. The first-order chi connectivity index (χ1) is 23.5. The standard InChI is InChI=1S/C36H35N5O7S/c1-20-6-12-23(13-7-20)32(42)45-19-27-28(47-33(43)24-14-8-21(2)9-15-24)36(4,48-34(44)25-16-10-22(3)11-17-25)29(46-27)30-38-18-26-31(49-5)39-35(37)40-41(26)30/h6-18,27-29H,19H2,1-5H3,(H2,37,40)/t27-,28-,29+,36-/m1/s1. The van der Waals surface area contributed by atoms with Gasteiger partial charge in [-0.2, -0.15) is 0 Å². The summed E-state index contributed by atoms with van der Waals surface area (Å²) >= 11 is 1.35. The maximum Gasteiger partial charge on any atom is 0.338 e. The Morgan fingerprint density at radius 1 is 0.857 bits per heavy atom. The van der Waals surface area contributed by atoms with Gasteiger partial charge in [0.1, 0.15) is 23.3 Å². The largest absolute Gasteiger partial charge is 0.459 e. The topological polar surface area (TPSA) is 157 Å². The Bertz CT molecular complexity index is 2020. The van der Waals surface area contributed by atoms with Gasteiger partial charge in [-0.3, -0.25) is 0 Å². The molecule has 49 heavy (non-hydrogen) atoms. The molecule has 0 bridgehead atoms. The van der Waals surface area contributed by atoms with E-state index in [0.717, 1.165) is 16.7 Å². The van der Waals surface area contributed by atoms with Crippen LogP contribution in [0.4, 0.5) is 5.95 Å². The molecule has 4 atom stereocenters. The first-order valence-electron chi connectivity index (χ1n) is 15.5. The van der Waals surface area contributed by atoms with Crippen LogP contribution in [0.25, 0.3) is 5.52 Å². The molecule has 0 amide bonds. The van der Waals surface area contributed by atoms with E-state index in [0.29, 0.717) is 16.1 Å². The molecule has 5 aromatic rings. The van der Waals surface area contributed by atoms with Crippen LogP contribution >= 0.6 is 11.8 Å². The third-order valence-electron chi connectivity index (χ3n) is 8.35. The minimum atomic E-state index is -1.72. The minimum Gasteiger partial charge on any atom is -0.459 e. The Kier molecular flexibility index (Phi) is 9.39.